The van der Waals surface area contributed by atoms with Crippen LogP contribution in [0.15, 0.2) is 47.5 Å². The first-order valence-corrected chi connectivity index (χ1v) is 9.69. The first kappa shape index (κ1) is 25.7. The lowest BCUT2D eigenvalue weighted by Gasteiger charge is -2.15. The summed E-state index contributed by atoms with van der Waals surface area (Å²) >= 11 is 0. The number of nitrogens with one attached hydrogen (secondary N) is 3. The topological polar surface area (TPSA) is 74.8 Å². The average Bonchev–Trinajstić information content (AvgIpc) is 2.69. The van der Waals surface area contributed by atoms with Crippen LogP contribution in [0.1, 0.15) is 23.6 Å². The van der Waals surface area contributed by atoms with E-state index in [0.29, 0.717) is 37.8 Å². The minimum absolute atomic E-state index is 0. The molecule has 2 aromatic rings. The minimum Gasteiger partial charge on any atom is -0.494 e. The van der Waals surface area contributed by atoms with Gasteiger partial charge in [0, 0.05) is 32.2 Å². The van der Waals surface area contributed by atoms with Gasteiger partial charge in [-0.15, -0.1) is 24.0 Å². The van der Waals surface area contributed by atoms with Crippen LogP contribution in [0, 0.1) is 12.7 Å². The van der Waals surface area contributed by atoms with Crippen LogP contribution >= 0.6 is 24.0 Å². The van der Waals surface area contributed by atoms with Gasteiger partial charge in [-0.05, 0) is 43.2 Å². The number of guanidine groups is 1. The van der Waals surface area contributed by atoms with E-state index in [1.165, 1.54) is 12.1 Å². The number of hydrogen-bond acceptors (Lipinski definition) is 3. The summed E-state index contributed by atoms with van der Waals surface area (Å²) in [5.74, 6) is 1.00. The van der Waals surface area contributed by atoms with Gasteiger partial charge in [0.05, 0.1) is 13.0 Å². The lowest BCUT2D eigenvalue weighted by molar-refractivity contribution is -0.120. The smallest absolute Gasteiger partial charge is 0.224 e. The molecule has 0 atom stereocenters. The molecule has 2 rings (SSSR count). The van der Waals surface area contributed by atoms with Gasteiger partial charge in [-0.2, -0.15) is 0 Å². The molecule has 30 heavy (non-hydrogen) atoms. The van der Waals surface area contributed by atoms with Gasteiger partial charge in [-0.3, -0.25) is 9.79 Å². The van der Waals surface area contributed by atoms with Gasteiger partial charge in [0.25, 0.3) is 0 Å². The first-order valence-electron chi connectivity index (χ1n) is 9.69. The monoisotopic (exact) mass is 528 g/mol. The Morgan fingerprint density at radius 3 is 2.57 bits per heavy atom. The second-order valence-electron chi connectivity index (χ2n) is 6.55. The summed E-state index contributed by atoms with van der Waals surface area (Å²) in [6.07, 6.45) is 0.151. The first-order chi connectivity index (χ1) is 14.0. The predicted molar refractivity (Wildman–Crippen MR) is 129 cm³/mol. The Morgan fingerprint density at radius 2 is 1.87 bits per heavy atom. The van der Waals surface area contributed by atoms with E-state index in [4.69, 9.17) is 4.74 Å². The van der Waals surface area contributed by atoms with Crippen LogP contribution in [-0.4, -0.2) is 38.6 Å². The van der Waals surface area contributed by atoms with Crippen molar-refractivity contribution >= 4 is 35.8 Å². The summed E-state index contributed by atoms with van der Waals surface area (Å²) in [7, 11) is 1.69. The molecular formula is C22H30FIN4O2. The summed E-state index contributed by atoms with van der Waals surface area (Å²) in [4.78, 5) is 16.1. The van der Waals surface area contributed by atoms with E-state index in [1.807, 2.05) is 32.0 Å². The highest BCUT2D eigenvalue weighted by Gasteiger charge is 2.06. The van der Waals surface area contributed by atoms with E-state index >= 15 is 0 Å². The van der Waals surface area contributed by atoms with Gasteiger partial charge >= 0.3 is 0 Å². The van der Waals surface area contributed by atoms with E-state index in [2.05, 4.69) is 20.9 Å². The van der Waals surface area contributed by atoms with Crippen molar-refractivity contribution in [2.75, 3.05) is 26.7 Å². The maximum Gasteiger partial charge on any atom is 0.224 e. The second-order valence-corrected chi connectivity index (χ2v) is 6.55. The zero-order valence-electron chi connectivity index (χ0n) is 17.6. The maximum atomic E-state index is 13.2. The van der Waals surface area contributed by atoms with Gasteiger partial charge in [-0.25, -0.2) is 4.39 Å². The quantitative estimate of drug-likeness (QED) is 0.202. The van der Waals surface area contributed by atoms with E-state index < -0.39 is 0 Å². The maximum absolute atomic E-state index is 13.2. The number of halogens is 2. The molecule has 0 fully saturated rings. The van der Waals surface area contributed by atoms with E-state index in [0.717, 1.165) is 16.9 Å². The molecular weight excluding hydrogens is 498 g/mol. The number of hydrogen-bond donors (Lipinski definition) is 3. The van der Waals surface area contributed by atoms with Gasteiger partial charge in [-0.1, -0.05) is 24.3 Å². The Hall–Kier alpha value is -2.36. The molecule has 0 saturated heterocycles. The van der Waals surface area contributed by atoms with Crippen molar-refractivity contribution in [3.8, 4) is 5.75 Å². The Labute approximate surface area is 194 Å². The summed E-state index contributed by atoms with van der Waals surface area (Å²) in [6.45, 7) is 6.12. The number of benzene rings is 2. The normalized spacial score (nSPS) is 10.7. The molecule has 0 heterocycles. The van der Waals surface area contributed by atoms with Crippen molar-refractivity contribution < 1.29 is 13.9 Å². The Bertz CT molecular complexity index is 846. The molecule has 1 amide bonds. The zero-order chi connectivity index (χ0) is 21.1. The van der Waals surface area contributed by atoms with E-state index in [9.17, 15) is 9.18 Å². The molecule has 2 aromatic carbocycles. The van der Waals surface area contributed by atoms with Crippen molar-refractivity contribution in [2.45, 2.75) is 26.8 Å². The number of rotatable bonds is 9. The molecule has 8 heteroatoms. The lowest BCUT2D eigenvalue weighted by atomic mass is 10.1. The number of nitrogens with zero attached hydrogens (tertiary/aromatic N) is 1. The number of aliphatic imine (C=N–C) groups is 1. The fourth-order valence-corrected chi connectivity index (χ4v) is 2.77. The van der Waals surface area contributed by atoms with Crippen molar-refractivity contribution in [3.05, 3.63) is 65.0 Å². The molecule has 0 bridgehead atoms. The van der Waals surface area contributed by atoms with Crippen LogP contribution in [-0.2, 0) is 17.8 Å². The fourth-order valence-electron chi connectivity index (χ4n) is 2.77. The van der Waals surface area contributed by atoms with Crippen LogP contribution < -0.4 is 20.7 Å². The Kier molecular flexibility index (Phi) is 11.8. The molecule has 0 aliphatic heterocycles. The van der Waals surface area contributed by atoms with Crippen molar-refractivity contribution in [1.29, 1.82) is 0 Å². The SMILES string of the molecule is CCOc1cc(C)ccc1CNC(=NC)NCCNC(=O)Cc1cccc(F)c1.I. The predicted octanol–water partition coefficient (Wildman–Crippen LogP) is 3.17. The highest BCUT2D eigenvalue weighted by molar-refractivity contribution is 14.0. The molecule has 0 aromatic heterocycles. The minimum atomic E-state index is -0.340. The van der Waals surface area contributed by atoms with Crippen molar-refractivity contribution in [1.82, 2.24) is 16.0 Å². The molecule has 0 unspecified atom stereocenters. The number of carbonyl (C=O) groups excluding carboxylic acids is 1. The van der Waals surface area contributed by atoms with Crippen LogP contribution in [0.3, 0.4) is 0 Å². The third-order valence-corrected chi connectivity index (χ3v) is 4.19. The fraction of sp³-hybridized carbons (Fsp3) is 0.364. The standard InChI is InChI=1S/C22H29FN4O2.HI/c1-4-29-20-12-16(2)8-9-18(20)15-27-22(24-3)26-11-10-25-21(28)14-17-6-5-7-19(23)13-17;/h5-9,12-13H,4,10-11,14-15H2,1-3H3,(H,25,28)(H2,24,26,27);1H. The largest absolute Gasteiger partial charge is 0.494 e. The molecule has 164 valence electrons. The van der Waals surface area contributed by atoms with Crippen LogP contribution in [0.5, 0.6) is 5.75 Å². The second kappa shape index (κ2) is 13.8. The van der Waals surface area contributed by atoms with Crippen molar-refractivity contribution in [3.63, 3.8) is 0 Å². The number of amides is 1. The average molecular weight is 528 g/mol. The molecule has 6 nitrogen and oxygen atoms in total. The van der Waals surface area contributed by atoms with Gasteiger partial charge in [0.2, 0.25) is 5.91 Å². The molecule has 0 aliphatic carbocycles. The molecule has 0 aliphatic rings. The van der Waals surface area contributed by atoms with E-state index in [1.54, 1.807) is 19.2 Å². The van der Waals surface area contributed by atoms with Gasteiger partial charge in [0.15, 0.2) is 5.96 Å². The van der Waals surface area contributed by atoms with Crippen LogP contribution in [0.25, 0.3) is 0 Å². The van der Waals surface area contributed by atoms with Crippen LogP contribution in [0.4, 0.5) is 4.39 Å². The molecule has 0 spiro atoms. The summed E-state index contributed by atoms with van der Waals surface area (Å²) in [5, 5.41) is 9.21. The number of aryl methyl sites for hydroxylation is 1. The van der Waals surface area contributed by atoms with Crippen molar-refractivity contribution in [2.24, 2.45) is 4.99 Å². The molecule has 3 N–H and O–H groups in total. The van der Waals surface area contributed by atoms with Gasteiger partial charge < -0.3 is 20.7 Å². The highest BCUT2D eigenvalue weighted by atomic mass is 127. The van der Waals surface area contributed by atoms with E-state index in [-0.39, 0.29) is 42.1 Å². The highest BCUT2D eigenvalue weighted by Crippen LogP contribution is 2.20. The number of carbonyl (C=O) groups is 1. The third kappa shape index (κ3) is 8.98. The Balaban J connectivity index is 0.00000450. The lowest BCUT2D eigenvalue weighted by Crippen LogP contribution is -2.41. The van der Waals surface area contributed by atoms with Gasteiger partial charge in [0.1, 0.15) is 11.6 Å². The van der Waals surface area contributed by atoms with Crippen LogP contribution in [0.2, 0.25) is 0 Å². The summed E-state index contributed by atoms with van der Waals surface area (Å²) in [6, 6.07) is 12.2. The Morgan fingerprint density at radius 1 is 1.10 bits per heavy atom. The molecule has 0 radical (unpaired) electrons. The number of ether oxygens (including phenoxy) is 1. The third-order valence-electron chi connectivity index (χ3n) is 4.19. The summed E-state index contributed by atoms with van der Waals surface area (Å²) in [5.41, 5.74) is 2.84. The zero-order valence-corrected chi connectivity index (χ0v) is 20.0. The molecule has 0 saturated carbocycles. The summed E-state index contributed by atoms with van der Waals surface area (Å²) < 4.78 is 18.9.